The minimum Gasteiger partial charge on any atom is -0.354 e. The van der Waals surface area contributed by atoms with Gasteiger partial charge in [0.05, 0.1) is 34.2 Å². The molecule has 2 atom stereocenters. The fourth-order valence-electron chi connectivity index (χ4n) is 22.3. The third-order valence-corrected chi connectivity index (χ3v) is 26.1. The highest BCUT2D eigenvalue weighted by Crippen LogP contribution is 2.55. The summed E-state index contributed by atoms with van der Waals surface area (Å²) in [5.74, 6) is 0. The van der Waals surface area contributed by atoms with E-state index in [0.29, 0.717) is 22.8 Å². The fraction of sp³-hybridized carbons (Fsp3) is 0.232. The number of aromatic nitrogens is 8. The number of fused-ring (bicyclic) bond motifs is 22. The van der Waals surface area contributed by atoms with Gasteiger partial charge in [-0.05, 0) is 373 Å². The molecule has 5 aliphatic heterocycles. The maximum Gasteiger partial charge on any atom is 0.122 e. The fourth-order valence-corrected chi connectivity index (χ4v) is 22.3. The molecule has 0 radical (unpaired) electrons. The van der Waals surface area contributed by atoms with Crippen molar-refractivity contribution in [3.8, 4) is 89.0 Å². The van der Waals surface area contributed by atoms with Gasteiger partial charge in [0.15, 0.2) is 0 Å². The molecule has 0 fully saturated rings. The Morgan fingerprint density at radius 2 is 0.344 bits per heavy atom. The third kappa shape index (κ3) is 12.9. The first-order chi connectivity index (χ1) is 58.3. The van der Waals surface area contributed by atoms with Gasteiger partial charge < -0.3 is 19.9 Å². The molecule has 10 nitrogen and oxygen atoms in total. The molecule has 604 valence electrons. The predicted molar refractivity (Wildman–Crippen MR) is 516 cm³/mol. The number of nitrogens with zero attached hydrogens (tertiary/aromatic N) is 6. The van der Waals surface area contributed by atoms with Crippen LogP contribution in [0.2, 0.25) is 0 Å². The van der Waals surface area contributed by atoms with E-state index in [4.69, 9.17) is 29.9 Å². The van der Waals surface area contributed by atoms with Crippen molar-refractivity contribution in [2.24, 2.45) is 9.98 Å². The second-order valence-electron chi connectivity index (χ2n) is 36.3. The molecular weight excluding hydrogens is 1490 g/mol. The Kier molecular flexibility index (Phi) is 18.9. The van der Waals surface area contributed by atoms with E-state index in [9.17, 15) is 0 Å². The van der Waals surface area contributed by atoms with Gasteiger partial charge >= 0.3 is 0 Å². The van der Waals surface area contributed by atoms with E-state index in [2.05, 4.69) is 356 Å². The van der Waals surface area contributed by atoms with Gasteiger partial charge in [0.2, 0.25) is 0 Å². The zero-order chi connectivity index (χ0) is 85.5. The number of hydrogen-bond donors (Lipinski definition) is 4. The van der Waals surface area contributed by atoms with Crippen LogP contribution in [0, 0.1) is 166 Å². The van der Waals surface area contributed by atoms with Crippen LogP contribution in [0.3, 0.4) is 0 Å². The molecule has 10 heteroatoms. The lowest BCUT2D eigenvalue weighted by Gasteiger charge is -2.24. The zero-order valence-electron chi connectivity index (χ0n) is 75.0. The summed E-state index contributed by atoms with van der Waals surface area (Å²) >= 11 is 0. The first-order valence-electron chi connectivity index (χ1n) is 43.1. The lowest BCUT2D eigenvalue weighted by atomic mass is 9.86. The topological polar surface area (TPSA) is 139 Å². The van der Waals surface area contributed by atoms with Gasteiger partial charge in [0, 0.05) is 88.6 Å². The Morgan fingerprint density at radius 1 is 0.180 bits per heavy atom. The van der Waals surface area contributed by atoms with Crippen LogP contribution in [-0.4, -0.2) is 51.3 Å². The van der Waals surface area contributed by atoms with Crippen molar-refractivity contribution in [1.82, 2.24) is 39.9 Å². The van der Waals surface area contributed by atoms with Crippen LogP contribution >= 0.6 is 0 Å². The Morgan fingerprint density at radius 3 is 0.541 bits per heavy atom. The number of rotatable bonds is 8. The molecule has 122 heavy (non-hydrogen) atoms. The van der Waals surface area contributed by atoms with E-state index in [1.165, 1.54) is 89.0 Å². The molecule has 0 amide bonds. The largest absolute Gasteiger partial charge is 0.354 e. The Hall–Kier alpha value is -13.2. The molecule has 0 aliphatic carbocycles. The Labute approximate surface area is 717 Å². The van der Waals surface area contributed by atoms with Crippen molar-refractivity contribution in [3.05, 3.63) is 325 Å². The van der Waals surface area contributed by atoms with Crippen LogP contribution < -0.4 is 0 Å². The quantitative estimate of drug-likeness (QED) is 0.120. The maximum absolute atomic E-state index is 6.66. The minimum atomic E-state index is -0.744. The first-order valence-corrected chi connectivity index (χ1v) is 43.1. The van der Waals surface area contributed by atoms with Crippen molar-refractivity contribution < 1.29 is 0 Å². The Bertz CT molecular complexity index is 6920. The molecule has 16 bridgehead atoms. The smallest absolute Gasteiger partial charge is 0.122 e. The van der Waals surface area contributed by atoms with E-state index < -0.39 is 12.1 Å². The molecule has 8 aromatic carbocycles. The standard InChI is InChI=1S/C112H106N10/c1-53-37-61(9)89(62(10)38-53)97-77-25-26-78(113-77)98(90-63(11)39-54(2)40-64(90)12)82-30-34-86(116-82)102(94-71(19)47-58(6)48-72(94)20)106-110-109(105(119-106)101(85-33-29-81(97)115-85)93-69(17)45-57(5)46-70(93)18)121-111-107-103(95-73(21)49-59(7)50-74(95)22)87-35-31-83(117-87)99(91-65(13)41-55(3)42-66(91)14)79-27-28-80(114-79)100(92-67(15)43-56(4)44-68(92)16)84-32-36-88(118-84)104(108(120-107)112(111)122-110)96-75(23)51-60(8)52-76(96)24/h25-52,109-110,115-118H,1-24H3. The molecular formula is C112H106N10. The van der Waals surface area contributed by atoms with Gasteiger partial charge in [-0.2, -0.15) is 0 Å². The molecule has 0 saturated carbocycles. The summed E-state index contributed by atoms with van der Waals surface area (Å²) in [4.78, 5) is 55.2. The normalized spacial score (nSPS) is 14.1. The van der Waals surface area contributed by atoms with Crippen LogP contribution in [0.1, 0.15) is 191 Å². The summed E-state index contributed by atoms with van der Waals surface area (Å²) in [5.41, 5.74) is 59.7. The van der Waals surface area contributed by atoms with Crippen LogP contribution in [0.25, 0.3) is 157 Å². The number of benzene rings is 8. The highest BCUT2D eigenvalue weighted by molar-refractivity contribution is 6.57. The van der Waals surface area contributed by atoms with E-state index in [-0.39, 0.29) is 0 Å². The van der Waals surface area contributed by atoms with Gasteiger partial charge in [0.25, 0.3) is 0 Å². The lowest BCUT2D eigenvalue weighted by molar-refractivity contribution is 0.604. The SMILES string of the molecule is Cc1cc(C)c(-c2c3nc(c(-c4c(C)cc(C)cc4C)c4ccc([nH]4)c(-c4c(C)cc(C)cc4C)c4nc(c(-c5c(C)cc(C)cc5C)c5ccc2[nH]5)C2=NC5c6nc(c(-c7c(C)cc(C)cc7C)c7ccc([nH]7)c(-c7c(C)cc(C)cc7C)c7nc(c(-c8c(C)cc(C)cc8C)c8ccc([nH]8)c6-c6c(C)cc(C)cc6C)C=C7)C5N=C24)C=C3)c(C)c1. The molecule has 19 rings (SSSR count). The van der Waals surface area contributed by atoms with Gasteiger partial charge in [-0.3, -0.25) is 15.0 Å². The molecule has 0 saturated heterocycles. The van der Waals surface area contributed by atoms with Crippen molar-refractivity contribution in [2.45, 2.75) is 178 Å². The summed E-state index contributed by atoms with van der Waals surface area (Å²) in [7, 11) is 0. The summed E-state index contributed by atoms with van der Waals surface area (Å²) in [6.07, 6.45) is 8.95. The second-order valence-corrected chi connectivity index (χ2v) is 36.3. The summed E-state index contributed by atoms with van der Waals surface area (Å²) < 4.78 is 0. The molecule has 11 heterocycles. The maximum atomic E-state index is 6.66. The number of aryl methyl sites for hydroxylation is 24. The van der Waals surface area contributed by atoms with Gasteiger partial charge in [-0.15, -0.1) is 0 Å². The van der Waals surface area contributed by atoms with E-state index in [1.807, 2.05) is 0 Å². The van der Waals surface area contributed by atoms with Gasteiger partial charge in [0.1, 0.15) is 34.9 Å². The molecule has 6 aromatic heterocycles. The number of nitrogens with one attached hydrogen (secondary N) is 4. The molecule has 0 spiro atoms. The van der Waals surface area contributed by atoms with Crippen LogP contribution in [0.4, 0.5) is 0 Å². The van der Waals surface area contributed by atoms with Crippen LogP contribution in [0.5, 0.6) is 0 Å². The number of hydrogen-bond acceptors (Lipinski definition) is 6. The molecule has 2 unspecified atom stereocenters. The third-order valence-electron chi connectivity index (χ3n) is 26.1. The first kappa shape index (κ1) is 78.7. The summed E-state index contributed by atoms with van der Waals surface area (Å²) in [6, 6.07) is 53.8. The monoisotopic (exact) mass is 1590 g/mol. The highest BCUT2D eigenvalue weighted by Gasteiger charge is 2.45. The molecule has 14 aromatic rings. The van der Waals surface area contributed by atoms with Crippen molar-refractivity contribution in [3.63, 3.8) is 0 Å². The van der Waals surface area contributed by atoms with Crippen LogP contribution in [-0.2, 0) is 0 Å². The lowest BCUT2D eigenvalue weighted by Crippen LogP contribution is -2.22. The van der Waals surface area contributed by atoms with Gasteiger partial charge in [-0.25, -0.2) is 15.0 Å². The zero-order valence-corrected chi connectivity index (χ0v) is 75.0. The van der Waals surface area contributed by atoms with Crippen molar-refractivity contribution in [2.75, 3.05) is 0 Å². The number of aliphatic imine (C=N–C) groups is 2. The number of aromatic amines is 4. The average Bonchev–Trinajstić information content (AvgIpc) is 1.55. The van der Waals surface area contributed by atoms with Crippen molar-refractivity contribution >= 4 is 79.9 Å². The molecule has 5 aliphatic rings. The van der Waals surface area contributed by atoms with Crippen molar-refractivity contribution in [1.29, 1.82) is 0 Å². The summed E-state index contributed by atoms with van der Waals surface area (Å²) in [6.45, 7) is 53.7. The summed E-state index contributed by atoms with van der Waals surface area (Å²) in [5, 5.41) is 0. The average molecular weight is 1590 g/mol. The second kappa shape index (κ2) is 29.3. The number of H-pyrrole nitrogens is 4. The van der Waals surface area contributed by atoms with Gasteiger partial charge in [-0.1, -0.05) is 142 Å². The minimum absolute atomic E-state index is 0.689. The van der Waals surface area contributed by atoms with E-state index in [0.717, 1.165) is 212 Å². The Balaban J connectivity index is 1.06. The molecule has 4 N–H and O–H groups in total. The van der Waals surface area contributed by atoms with E-state index >= 15 is 0 Å². The van der Waals surface area contributed by atoms with Crippen LogP contribution in [0.15, 0.2) is 156 Å². The highest BCUT2D eigenvalue weighted by atomic mass is 15.1. The van der Waals surface area contributed by atoms with E-state index in [1.54, 1.807) is 0 Å². The predicted octanol–water partition coefficient (Wildman–Crippen LogP) is 28.8.